The van der Waals surface area contributed by atoms with Crippen LogP contribution in [0.1, 0.15) is 5.56 Å². The Morgan fingerprint density at radius 2 is 2.08 bits per heavy atom. The van der Waals surface area contributed by atoms with Crippen LogP contribution in [-0.2, 0) is 11.2 Å². The van der Waals surface area contributed by atoms with Gasteiger partial charge < -0.3 is 10.3 Å². The zero-order chi connectivity index (χ0) is 9.68. The summed E-state index contributed by atoms with van der Waals surface area (Å²) in [6, 6.07) is 3.32. The van der Waals surface area contributed by atoms with E-state index >= 15 is 0 Å². The van der Waals surface area contributed by atoms with Crippen LogP contribution < -0.4 is 0 Å². The van der Waals surface area contributed by atoms with E-state index in [1.165, 1.54) is 0 Å². The van der Waals surface area contributed by atoms with Gasteiger partial charge in [0.05, 0.1) is 0 Å². The first-order valence-corrected chi connectivity index (χ1v) is 3.57. The average molecular weight is 180 g/mol. The lowest BCUT2D eigenvalue weighted by molar-refractivity contribution is -0.129. The number of hydrogen-bond donors (Lipinski definition) is 2. The quantitative estimate of drug-likeness (QED) is 0.404. The number of hydrogen-bond acceptors (Lipinski definition) is 4. The third kappa shape index (κ3) is 2.55. The third-order valence-corrected chi connectivity index (χ3v) is 1.49. The van der Waals surface area contributed by atoms with E-state index in [1.54, 1.807) is 24.5 Å². The summed E-state index contributed by atoms with van der Waals surface area (Å²) in [6.45, 7) is 0. The maximum atomic E-state index is 10.4. The van der Waals surface area contributed by atoms with Crippen molar-refractivity contribution in [3.63, 3.8) is 0 Å². The van der Waals surface area contributed by atoms with Crippen LogP contribution in [0.15, 0.2) is 29.7 Å². The van der Waals surface area contributed by atoms with Crippen molar-refractivity contribution in [2.75, 3.05) is 0 Å². The first-order chi connectivity index (χ1) is 6.24. The summed E-state index contributed by atoms with van der Waals surface area (Å²) < 4.78 is 0. The van der Waals surface area contributed by atoms with Crippen LogP contribution in [0.5, 0.6) is 0 Å². The predicted molar refractivity (Wildman–Crippen MR) is 44.8 cm³/mol. The summed E-state index contributed by atoms with van der Waals surface area (Å²) in [4.78, 5) is 14.2. The highest BCUT2D eigenvalue weighted by Gasteiger charge is 2.10. The molecule has 5 nitrogen and oxygen atoms in total. The second-order valence-electron chi connectivity index (χ2n) is 2.38. The molecule has 5 heteroatoms. The number of oxime groups is 1. The first-order valence-electron chi connectivity index (χ1n) is 3.57. The Morgan fingerprint density at radius 3 is 2.54 bits per heavy atom. The lowest BCUT2D eigenvalue weighted by atomic mass is 10.1. The first kappa shape index (κ1) is 9.18. The zero-order valence-electron chi connectivity index (χ0n) is 6.71. The van der Waals surface area contributed by atoms with Gasteiger partial charge in [0.1, 0.15) is 0 Å². The molecular formula is C8H8N2O3. The number of aromatic nitrogens is 1. The van der Waals surface area contributed by atoms with Crippen LogP contribution >= 0.6 is 0 Å². The van der Waals surface area contributed by atoms with Gasteiger partial charge in [-0.05, 0) is 17.7 Å². The summed E-state index contributed by atoms with van der Waals surface area (Å²) in [5.41, 5.74) is 0.455. The van der Waals surface area contributed by atoms with Crippen molar-refractivity contribution in [2.45, 2.75) is 6.42 Å². The predicted octanol–water partition coefficient (Wildman–Crippen LogP) is 0.539. The molecule has 0 amide bonds. The van der Waals surface area contributed by atoms with Gasteiger partial charge in [-0.25, -0.2) is 4.79 Å². The van der Waals surface area contributed by atoms with Crippen molar-refractivity contribution < 1.29 is 15.1 Å². The molecule has 0 aromatic carbocycles. The molecule has 13 heavy (non-hydrogen) atoms. The highest BCUT2D eigenvalue weighted by atomic mass is 16.4. The Bertz CT molecular complexity index is 321. The molecule has 0 unspecified atom stereocenters. The van der Waals surface area contributed by atoms with E-state index in [0.29, 0.717) is 0 Å². The Hall–Kier alpha value is -1.91. The summed E-state index contributed by atoms with van der Waals surface area (Å²) in [5.74, 6) is -1.22. The van der Waals surface area contributed by atoms with Gasteiger partial charge in [-0.3, -0.25) is 4.98 Å². The van der Waals surface area contributed by atoms with Gasteiger partial charge in [0.15, 0.2) is 5.71 Å². The van der Waals surface area contributed by atoms with Gasteiger partial charge in [0, 0.05) is 18.8 Å². The highest BCUT2D eigenvalue weighted by molar-refractivity contribution is 6.35. The minimum atomic E-state index is -1.22. The highest BCUT2D eigenvalue weighted by Crippen LogP contribution is 1.99. The molecule has 0 atom stereocenters. The third-order valence-electron chi connectivity index (χ3n) is 1.49. The van der Waals surface area contributed by atoms with E-state index in [0.717, 1.165) is 5.56 Å². The maximum absolute atomic E-state index is 10.4. The summed E-state index contributed by atoms with van der Waals surface area (Å²) >= 11 is 0. The van der Waals surface area contributed by atoms with Crippen molar-refractivity contribution in [3.05, 3.63) is 30.1 Å². The normalized spacial score (nSPS) is 11.2. The molecular weight excluding hydrogens is 172 g/mol. The minimum absolute atomic E-state index is 0.0916. The maximum Gasteiger partial charge on any atom is 0.354 e. The van der Waals surface area contributed by atoms with Crippen molar-refractivity contribution in [1.29, 1.82) is 0 Å². The molecule has 1 aromatic heterocycles. The van der Waals surface area contributed by atoms with E-state index in [2.05, 4.69) is 10.1 Å². The molecule has 0 bridgehead atoms. The van der Waals surface area contributed by atoms with Gasteiger partial charge in [-0.1, -0.05) is 5.16 Å². The summed E-state index contributed by atoms with van der Waals surface area (Å²) in [5, 5.41) is 19.6. The van der Waals surface area contributed by atoms with Crippen LogP contribution in [-0.4, -0.2) is 27.0 Å². The Kier molecular flexibility index (Phi) is 2.97. The number of nitrogens with zero attached hydrogens (tertiary/aromatic N) is 2. The van der Waals surface area contributed by atoms with E-state index in [9.17, 15) is 4.79 Å². The zero-order valence-corrected chi connectivity index (χ0v) is 6.71. The molecule has 0 radical (unpaired) electrons. The fraction of sp³-hybridized carbons (Fsp3) is 0.125. The lowest BCUT2D eigenvalue weighted by Crippen LogP contribution is -2.15. The Morgan fingerprint density at radius 1 is 1.46 bits per heavy atom. The van der Waals surface area contributed by atoms with E-state index in [4.69, 9.17) is 10.3 Å². The monoisotopic (exact) mass is 180 g/mol. The van der Waals surface area contributed by atoms with Gasteiger partial charge in [-0.15, -0.1) is 0 Å². The summed E-state index contributed by atoms with van der Waals surface area (Å²) in [7, 11) is 0. The van der Waals surface area contributed by atoms with Gasteiger partial charge in [0.25, 0.3) is 0 Å². The molecule has 1 aromatic rings. The second-order valence-corrected chi connectivity index (χ2v) is 2.38. The fourth-order valence-corrected chi connectivity index (χ4v) is 0.848. The Balaban J connectivity index is 2.74. The molecule has 0 aliphatic carbocycles. The molecule has 0 spiro atoms. The smallest absolute Gasteiger partial charge is 0.354 e. The van der Waals surface area contributed by atoms with Crippen LogP contribution in [0.25, 0.3) is 0 Å². The number of aliphatic carboxylic acids is 1. The molecule has 0 saturated carbocycles. The number of carboxylic acid groups (broad SMARTS) is 1. The van der Waals surface area contributed by atoms with Crippen LogP contribution in [0, 0.1) is 0 Å². The largest absolute Gasteiger partial charge is 0.477 e. The minimum Gasteiger partial charge on any atom is -0.477 e. The molecule has 0 aliphatic heterocycles. The van der Waals surface area contributed by atoms with Gasteiger partial charge in [-0.2, -0.15) is 0 Å². The molecule has 2 N–H and O–H groups in total. The Labute approximate surface area is 74.3 Å². The van der Waals surface area contributed by atoms with Crippen molar-refractivity contribution in [3.8, 4) is 0 Å². The standard InChI is InChI=1S/C8H8N2O3/c11-8(12)7(10-13)5-6-1-3-9-4-2-6/h1-4,13H,5H2,(H,11,12)/b10-7-. The number of carbonyl (C=O) groups is 1. The molecule has 1 heterocycles. The SMILES string of the molecule is O=C(O)/C(Cc1ccncc1)=N\O. The van der Waals surface area contributed by atoms with Crippen LogP contribution in [0.3, 0.4) is 0 Å². The summed E-state index contributed by atoms with van der Waals surface area (Å²) in [6.07, 6.45) is 3.19. The van der Waals surface area contributed by atoms with Crippen molar-refractivity contribution >= 4 is 11.7 Å². The van der Waals surface area contributed by atoms with E-state index < -0.39 is 5.97 Å². The average Bonchev–Trinajstić information content (AvgIpc) is 2.15. The van der Waals surface area contributed by atoms with E-state index in [1.807, 2.05) is 0 Å². The van der Waals surface area contributed by atoms with Crippen molar-refractivity contribution in [1.82, 2.24) is 4.98 Å². The molecule has 0 fully saturated rings. The fourth-order valence-electron chi connectivity index (χ4n) is 0.848. The topological polar surface area (TPSA) is 82.8 Å². The molecule has 0 saturated heterocycles. The number of pyridine rings is 1. The number of carboxylic acids is 1. The second kappa shape index (κ2) is 4.20. The molecule has 68 valence electrons. The van der Waals surface area contributed by atoms with Crippen LogP contribution in [0.4, 0.5) is 0 Å². The van der Waals surface area contributed by atoms with E-state index in [-0.39, 0.29) is 12.1 Å². The molecule has 1 rings (SSSR count). The number of rotatable bonds is 3. The van der Waals surface area contributed by atoms with Crippen molar-refractivity contribution in [2.24, 2.45) is 5.16 Å². The van der Waals surface area contributed by atoms with Gasteiger partial charge >= 0.3 is 5.97 Å². The van der Waals surface area contributed by atoms with Crippen LogP contribution in [0.2, 0.25) is 0 Å². The molecule has 0 aliphatic rings. The van der Waals surface area contributed by atoms with Gasteiger partial charge in [0.2, 0.25) is 0 Å². The lowest BCUT2D eigenvalue weighted by Gasteiger charge is -1.98.